The molecule has 0 bridgehead atoms. The summed E-state index contributed by atoms with van der Waals surface area (Å²) in [5.41, 5.74) is 1.59. The zero-order chi connectivity index (χ0) is 20.3. The maximum absolute atomic E-state index is 13.0. The number of amides is 3. The highest BCUT2D eigenvalue weighted by Crippen LogP contribution is 2.27. The van der Waals surface area contributed by atoms with Crippen LogP contribution in [0.3, 0.4) is 0 Å². The van der Waals surface area contributed by atoms with E-state index in [1.807, 2.05) is 25.3 Å². The van der Waals surface area contributed by atoms with E-state index in [-0.39, 0.29) is 11.9 Å². The van der Waals surface area contributed by atoms with Crippen LogP contribution in [0.4, 0.5) is 0 Å². The number of rotatable bonds is 7. The van der Waals surface area contributed by atoms with Crippen molar-refractivity contribution in [3.05, 3.63) is 70.2 Å². The number of carbonyl (C=O) groups excluding carboxylic acids is 3. The Labute approximate surface area is 173 Å². The van der Waals surface area contributed by atoms with Gasteiger partial charge in [-0.05, 0) is 55.2 Å². The molecule has 0 unspecified atom stereocenters. The standard InChI is InChI=1S/C21H21ClN2O3S/c1-13(14-7-9-15(22)10-8-14)23-19(25)18(11-12-28-2)24-20(26)16-5-3-4-6-17(16)21(24)27/h3-10,13,18H,11-12H2,1-2H3,(H,23,25)/t13-,18-/m1/s1. The summed E-state index contributed by atoms with van der Waals surface area (Å²) in [6.07, 6.45) is 2.32. The molecule has 1 aliphatic rings. The number of carbonyl (C=O) groups is 3. The Balaban J connectivity index is 1.82. The van der Waals surface area contributed by atoms with E-state index in [1.54, 1.807) is 48.2 Å². The highest BCUT2D eigenvalue weighted by atomic mass is 35.5. The zero-order valence-electron chi connectivity index (χ0n) is 15.6. The van der Waals surface area contributed by atoms with Crippen LogP contribution in [0, 0.1) is 0 Å². The van der Waals surface area contributed by atoms with Crippen molar-refractivity contribution in [1.82, 2.24) is 10.2 Å². The van der Waals surface area contributed by atoms with Gasteiger partial charge in [0.05, 0.1) is 17.2 Å². The topological polar surface area (TPSA) is 66.5 Å². The highest BCUT2D eigenvalue weighted by Gasteiger charge is 2.42. The predicted molar refractivity (Wildman–Crippen MR) is 112 cm³/mol. The Morgan fingerprint density at radius 2 is 1.64 bits per heavy atom. The molecule has 0 fully saturated rings. The number of hydrogen-bond donors (Lipinski definition) is 1. The molecule has 2 atom stereocenters. The summed E-state index contributed by atoms with van der Waals surface area (Å²) in [5.74, 6) is -0.520. The second-order valence-corrected chi connectivity index (χ2v) is 8.03. The van der Waals surface area contributed by atoms with Gasteiger partial charge in [0.15, 0.2) is 0 Å². The van der Waals surface area contributed by atoms with E-state index in [1.165, 1.54) is 0 Å². The van der Waals surface area contributed by atoms with Gasteiger partial charge in [0, 0.05) is 5.02 Å². The molecule has 0 radical (unpaired) electrons. The molecular weight excluding hydrogens is 396 g/mol. The summed E-state index contributed by atoms with van der Waals surface area (Å²) in [5, 5.41) is 3.55. The lowest BCUT2D eigenvalue weighted by atomic mass is 10.1. The first-order chi connectivity index (χ1) is 13.4. The number of hydrogen-bond acceptors (Lipinski definition) is 4. The van der Waals surface area contributed by atoms with Crippen molar-refractivity contribution in [2.45, 2.75) is 25.4 Å². The number of fused-ring (bicyclic) bond motifs is 1. The minimum absolute atomic E-state index is 0.281. The lowest BCUT2D eigenvalue weighted by Gasteiger charge is -2.27. The molecule has 0 aliphatic carbocycles. The largest absolute Gasteiger partial charge is 0.348 e. The van der Waals surface area contributed by atoms with Crippen LogP contribution in [0.15, 0.2) is 48.5 Å². The third kappa shape index (κ3) is 4.08. The van der Waals surface area contributed by atoms with E-state index in [0.717, 1.165) is 10.5 Å². The summed E-state index contributed by atoms with van der Waals surface area (Å²) >= 11 is 7.49. The SMILES string of the molecule is CSCC[C@H](C(=O)N[C@H](C)c1ccc(Cl)cc1)N1C(=O)c2ccccc2C1=O. The summed E-state index contributed by atoms with van der Waals surface area (Å²) in [4.78, 5) is 39.8. The number of halogens is 1. The molecule has 3 amide bonds. The van der Waals surface area contributed by atoms with Crippen molar-refractivity contribution in [3.8, 4) is 0 Å². The van der Waals surface area contributed by atoms with Crippen molar-refractivity contribution >= 4 is 41.1 Å². The van der Waals surface area contributed by atoms with Gasteiger partial charge in [-0.3, -0.25) is 19.3 Å². The quantitative estimate of drug-likeness (QED) is 0.694. The maximum Gasteiger partial charge on any atom is 0.262 e. The summed E-state index contributed by atoms with van der Waals surface area (Å²) in [6, 6.07) is 12.7. The summed E-state index contributed by atoms with van der Waals surface area (Å²) in [6.45, 7) is 1.86. The second-order valence-electron chi connectivity index (χ2n) is 6.60. The molecule has 146 valence electrons. The van der Waals surface area contributed by atoms with E-state index in [2.05, 4.69) is 5.32 Å². The zero-order valence-corrected chi connectivity index (χ0v) is 17.2. The Morgan fingerprint density at radius 1 is 1.07 bits per heavy atom. The van der Waals surface area contributed by atoms with Gasteiger partial charge >= 0.3 is 0 Å². The molecule has 1 N–H and O–H groups in total. The molecule has 0 saturated heterocycles. The van der Waals surface area contributed by atoms with Crippen LogP contribution in [0.2, 0.25) is 5.02 Å². The number of benzene rings is 2. The Morgan fingerprint density at radius 3 is 2.18 bits per heavy atom. The third-order valence-corrected chi connectivity index (χ3v) is 5.66. The molecule has 3 rings (SSSR count). The fourth-order valence-corrected chi connectivity index (χ4v) is 3.83. The van der Waals surface area contributed by atoms with Crippen molar-refractivity contribution in [2.75, 3.05) is 12.0 Å². The molecule has 2 aromatic carbocycles. The third-order valence-electron chi connectivity index (χ3n) is 4.76. The van der Waals surface area contributed by atoms with Gasteiger partial charge < -0.3 is 5.32 Å². The lowest BCUT2D eigenvalue weighted by molar-refractivity contribution is -0.125. The molecule has 0 spiro atoms. The van der Waals surface area contributed by atoms with Gasteiger partial charge in [0.1, 0.15) is 6.04 Å². The van der Waals surface area contributed by atoms with Gasteiger partial charge in [-0.15, -0.1) is 0 Å². The first-order valence-corrected chi connectivity index (χ1v) is 10.7. The fourth-order valence-electron chi connectivity index (χ4n) is 3.24. The molecule has 2 aromatic rings. The molecule has 0 saturated carbocycles. The average molecular weight is 417 g/mol. The van der Waals surface area contributed by atoms with Gasteiger partial charge in [-0.25, -0.2) is 0 Å². The first-order valence-electron chi connectivity index (χ1n) is 8.95. The van der Waals surface area contributed by atoms with Gasteiger partial charge in [-0.2, -0.15) is 11.8 Å². The fraction of sp³-hybridized carbons (Fsp3) is 0.286. The van der Waals surface area contributed by atoms with Crippen molar-refractivity contribution < 1.29 is 14.4 Å². The van der Waals surface area contributed by atoms with E-state index < -0.39 is 17.9 Å². The van der Waals surface area contributed by atoms with Crippen molar-refractivity contribution in [2.24, 2.45) is 0 Å². The molecular formula is C21H21ClN2O3S. The van der Waals surface area contributed by atoms with Crippen molar-refractivity contribution in [3.63, 3.8) is 0 Å². The van der Waals surface area contributed by atoms with Crippen molar-refractivity contribution in [1.29, 1.82) is 0 Å². The molecule has 1 aliphatic heterocycles. The molecule has 1 heterocycles. The number of nitrogens with zero attached hydrogens (tertiary/aromatic N) is 1. The van der Waals surface area contributed by atoms with Crippen LogP contribution in [0.1, 0.15) is 45.7 Å². The second kappa shape index (κ2) is 8.80. The Kier molecular flexibility index (Phi) is 6.42. The number of imide groups is 1. The minimum Gasteiger partial charge on any atom is -0.348 e. The van der Waals surface area contributed by atoms with Crippen LogP contribution in [-0.2, 0) is 4.79 Å². The van der Waals surface area contributed by atoms with Crippen LogP contribution in [-0.4, -0.2) is 40.7 Å². The van der Waals surface area contributed by atoms with Crippen LogP contribution < -0.4 is 5.32 Å². The molecule has 7 heteroatoms. The maximum atomic E-state index is 13.0. The highest BCUT2D eigenvalue weighted by molar-refractivity contribution is 7.98. The first kappa shape index (κ1) is 20.4. The monoisotopic (exact) mass is 416 g/mol. The molecule has 28 heavy (non-hydrogen) atoms. The van der Waals surface area contributed by atoms with E-state index in [0.29, 0.717) is 28.3 Å². The van der Waals surface area contributed by atoms with Crippen LogP contribution in [0.25, 0.3) is 0 Å². The molecule has 5 nitrogen and oxygen atoms in total. The normalized spacial score (nSPS) is 15.3. The van der Waals surface area contributed by atoms with Crippen LogP contribution >= 0.6 is 23.4 Å². The molecule has 0 aromatic heterocycles. The van der Waals surface area contributed by atoms with E-state index >= 15 is 0 Å². The predicted octanol–water partition coefficient (Wildman–Crippen LogP) is 3.94. The number of thioether (sulfide) groups is 1. The summed E-state index contributed by atoms with van der Waals surface area (Å²) < 4.78 is 0. The van der Waals surface area contributed by atoms with E-state index in [9.17, 15) is 14.4 Å². The average Bonchev–Trinajstić information content (AvgIpc) is 2.94. The lowest BCUT2D eigenvalue weighted by Crippen LogP contribution is -2.50. The van der Waals surface area contributed by atoms with E-state index in [4.69, 9.17) is 11.6 Å². The van der Waals surface area contributed by atoms with Gasteiger partial charge in [0.25, 0.3) is 11.8 Å². The van der Waals surface area contributed by atoms with Gasteiger partial charge in [0.2, 0.25) is 5.91 Å². The smallest absolute Gasteiger partial charge is 0.262 e. The summed E-state index contributed by atoms with van der Waals surface area (Å²) in [7, 11) is 0. The van der Waals surface area contributed by atoms with Gasteiger partial charge in [-0.1, -0.05) is 35.9 Å². The Hall–Kier alpha value is -2.31. The minimum atomic E-state index is -0.852. The Bertz CT molecular complexity index is 866. The van der Waals surface area contributed by atoms with Crippen LogP contribution in [0.5, 0.6) is 0 Å². The number of nitrogens with one attached hydrogen (secondary N) is 1.